The van der Waals surface area contributed by atoms with Gasteiger partial charge < -0.3 is 15.4 Å². The number of anilines is 1. The first kappa shape index (κ1) is 12.5. The van der Waals surface area contributed by atoms with E-state index in [2.05, 4.69) is 4.74 Å². The first-order valence-electron chi connectivity index (χ1n) is 5.14. The van der Waals surface area contributed by atoms with Crippen LogP contribution in [0.1, 0.15) is 18.0 Å². The SMILES string of the molecule is COC(=O)C[C@H](N)c1ccc(N(C)C)cc1. The zero-order valence-corrected chi connectivity index (χ0v) is 9.93. The van der Waals surface area contributed by atoms with Crippen molar-refractivity contribution in [2.45, 2.75) is 12.5 Å². The molecule has 0 amide bonds. The molecule has 4 nitrogen and oxygen atoms in total. The second-order valence-corrected chi connectivity index (χ2v) is 3.87. The molecule has 1 atom stereocenters. The van der Waals surface area contributed by atoms with Crippen LogP contribution in [0.3, 0.4) is 0 Å². The highest BCUT2D eigenvalue weighted by Gasteiger charge is 2.11. The molecule has 0 aromatic heterocycles. The van der Waals surface area contributed by atoms with Gasteiger partial charge in [-0.2, -0.15) is 0 Å². The number of ether oxygens (including phenoxy) is 1. The number of carbonyl (C=O) groups excluding carboxylic acids is 1. The van der Waals surface area contributed by atoms with Gasteiger partial charge in [-0.1, -0.05) is 12.1 Å². The molecule has 0 aliphatic carbocycles. The van der Waals surface area contributed by atoms with E-state index in [4.69, 9.17) is 5.73 Å². The van der Waals surface area contributed by atoms with Crippen LogP contribution < -0.4 is 10.6 Å². The molecule has 0 spiro atoms. The van der Waals surface area contributed by atoms with Gasteiger partial charge in [0.15, 0.2) is 0 Å². The minimum atomic E-state index is -0.302. The third kappa shape index (κ3) is 3.24. The molecule has 1 aromatic carbocycles. The van der Waals surface area contributed by atoms with Crippen molar-refractivity contribution in [2.24, 2.45) is 5.73 Å². The molecule has 0 bridgehead atoms. The average Bonchev–Trinajstić information content (AvgIpc) is 2.28. The Bertz CT molecular complexity index is 347. The molecule has 0 unspecified atom stereocenters. The predicted octanol–water partition coefficient (Wildman–Crippen LogP) is 1.32. The maximum atomic E-state index is 11.1. The van der Waals surface area contributed by atoms with Crippen molar-refractivity contribution in [1.82, 2.24) is 0 Å². The van der Waals surface area contributed by atoms with Crippen LogP contribution in [0, 0.1) is 0 Å². The lowest BCUT2D eigenvalue weighted by molar-refractivity contribution is -0.141. The highest BCUT2D eigenvalue weighted by molar-refractivity contribution is 5.70. The topological polar surface area (TPSA) is 55.6 Å². The number of hydrogen-bond donors (Lipinski definition) is 1. The highest BCUT2D eigenvalue weighted by Crippen LogP contribution is 2.18. The molecule has 1 rings (SSSR count). The molecule has 4 heteroatoms. The Morgan fingerprint density at radius 1 is 1.38 bits per heavy atom. The standard InChI is InChI=1S/C12H18N2O2/c1-14(2)10-6-4-9(5-7-10)11(13)8-12(15)16-3/h4-7,11H,8,13H2,1-3H3/t11-/m0/s1. The van der Waals surface area contributed by atoms with Gasteiger partial charge in [0.1, 0.15) is 0 Å². The summed E-state index contributed by atoms with van der Waals surface area (Å²) in [5.74, 6) is -0.288. The lowest BCUT2D eigenvalue weighted by Crippen LogP contribution is -2.16. The Labute approximate surface area is 96.0 Å². The molecule has 88 valence electrons. The van der Waals surface area contributed by atoms with Gasteiger partial charge in [0.2, 0.25) is 0 Å². The van der Waals surface area contributed by atoms with Crippen molar-refractivity contribution in [2.75, 3.05) is 26.1 Å². The van der Waals surface area contributed by atoms with Gasteiger partial charge in [0.25, 0.3) is 0 Å². The summed E-state index contributed by atoms with van der Waals surface area (Å²) in [4.78, 5) is 13.1. The Balaban J connectivity index is 2.70. The van der Waals surface area contributed by atoms with Crippen molar-refractivity contribution in [1.29, 1.82) is 0 Å². The van der Waals surface area contributed by atoms with Crippen molar-refractivity contribution in [3.05, 3.63) is 29.8 Å². The lowest BCUT2D eigenvalue weighted by atomic mass is 10.0. The van der Waals surface area contributed by atoms with Gasteiger partial charge >= 0.3 is 5.97 Å². The van der Waals surface area contributed by atoms with Crippen LogP contribution in [-0.2, 0) is 9.53 Å². The second-order valence-electron chi connectivity index (χ2n) is 3.87. The van der Waals surface area contributed by atoms with Crippen LogP contribution >= 0.6 is 0 Å². The molecule has 0 radical (unpaired) electrons. The van der Waals surface area contributed by atoms with Gasteiger partial charge in [-0.15, -0.1) is 0 Å². The maximum Gasteiger partial charge on any atom is 0.307 e. The van der Waals surface area contributed by atoms with Crippen LogP contribution in [0.4, 0.5) is 5.69 Å². The molecular formula is C12H18N2O2. The van der Waals surface area contributed by atoms with Crippen LogP contribution in [0.5, 0.6) is 0 Å². The minimum absolute atomic E-state index is 0.206. The van der Waals surface area contributed by atoms with Crippen molar-refractivity contribution >= 4 is 11.7 Å². The smallest absolute Gasteiger partial charge is 0.307 e. The van der Waals surface area contributed by atoms with Crippen molar-refractivity contribution in [3.8, 4) is 0 Å². The Kier molecular flexibility index (Phi) is 4.31. The summed E-state index contributed by atoms with van der Waals surface area (Å²) < 4.78 is 4.58. The summed E-state index contributed by atoms with van der Waals surface area (Å²) in [7, 11) is 5.32. The molecule has 0 fully saturated rings. The minimum Gasteiger partial charge on any atom is -0.469 e. The molecule has 1 aromatic rings. The largest absolute Gasteiger partial charge is 0.469 e. The number of benzene rings is 1. The van der Waals surface area contributed by atoms with Crippen molar-refractivity contribution in [3.63, 3.8) is 0 Å². The monoisotopic (exact) mass is 222 g/mol. The molecule has 2 N–H and O–H groups in total. The van der Waals surface area contributed by atoms with E-state index < -0.39 is 0 Å². The van der Waals surface area contributed by atoms with Gasteiger partial charge in [0, 0.05) is 25.8 Å². The average molecular weight is 222 g/mol. The number of carbonyl (C=O) groups is 1. The van der Waals surface area contributed by atoms with E-state index >= 15 is 0 Å². The fourth-order valence-corrected chi connectivity index (χ4v) is 1.40. The van der Waals surface area contributed by atoms with E-state index in [0.29, 0.717) is 0 Å². The van der Waals surface area contributed by atoms with Gasteiger partial charge in [-0.3, -0.25) is 4.79 Å². The fraction of sp³-hybridized carbons (Fsp3) is 0.417. The molecule has 16 heavy (non-hydrogen) atoms. The maximum absolute atomic E-state index is 11.1. The van der Waals surface area contributed by atoms with Crippen LogP contribution in [0.2, 0.25) is 0 Å². The van der Waals surface area contributed by atoms with Gasteiger partial charge in [-0.05, 0) is 17.7 Å². The first-order chi connectivity index (χ1) is 7.54. The first-order valence-corrected chi connectivity index (χ1v) is 5.14. The quantitative estimate of drug-likeness (QED) is 0.780. The van der Waals surface area contributed by atoms with E-state index in [1.54, 1.807) is 0 Å². The van der Waals surface area contributed by atoms with E-state index in [9.17, 15) is 4.79 Å². The summed E-state index contributed by atoms with van der Waals surface area (Å²) in [5.41, 5.74) is 7.93. The Hall–Kier alpha value is -1.55. The number of esters is 1. The van der Waals surface area contributed by atoms with E-state index in [1.807, 2.05) is 43.3 Å². The van der Waals surface area contributed by atoms with Crippen LogP contribution in [-0.4, -0.2) is 27.2 Å². The summed E-state index contributed by atoms with van der Waals surface area (Å²) in [6, 6.07) is 7.52. The molecule has 0 saturated heterocycles. The van der Waals surface area contributed by atoms with E-state index in [1.165, 1.54) is 7.11 Å². The van der Waals surface area contributed by atoms with E-state index in [-0.39, 0.29) is 18.4 Å². The van der Waals surface area contributed by atoms with Gasteiger partial charge in [-0.25, -0.2) is 0 Å². The number of nitrogens with zero attached hydrogens (tertiary/aromatic N) is 1. The molecule has 0 saturated carbocycles. The van der Waals surface area contributed by atoms with Crippen LogP contribution in [0.15, 0.2) is 24.3 Å². The Morgan fingerprint density at radius 3 is 2.38 bits per heavy atom. The second kappa shape index (κ2) is 5.51. The van der Waals surface area contributed by atoms with E-state index in [0.717, 1.165) is 11.3 Å². The summed E-state index contributed by atoms with van der Waals surface area (Å²) >= 11 is 0. The predicted molar refractivity (Wildman–Crippen MR) is 64.3 cm³/mol. The molecule has 0 heterocycles. The highest BCUT2D eigenvalue weighted by atomic mass is 16.5. The summed E-state index contributed by atoms with van der Waals surface area (Å²) in [6.07, 6.45) is 0.206. The molecule has 0 aliphatic heterocycles. The normalized spacial score (nSPS) is 12.0. The number of methoxy groups -OCH3 is 1. The van der Waals surface area contributed by atoms with Gasteiger partial charge in [0.05, 0.1) is 13.5 Å². The fourth-order valence-electron chi connectivity index (χ4n) is 1.40. The molecule has 0 aliphatic rings. The zero-order chi connectivity index (χ0) is 12.1. The van der Waals surface area contributed by atoms with Crippen LogP contribution in [0.25, 0.3) is 0 Å². The lowest BCUT2D eigenvalue weighted by Gasteiger charge is -2.15. The Morgan fingerprint density at radius 2 is 1.94 bits per heavy atom. The van der Waals surface area contributed by atoms with Crippen molar-refractivity contribution < 1.29 is 9.53 Å². The third-order valence-corrected chi connectivity index (χ3v) is 2.45. The zero-order valence-electron chi connectivity index (χ0n) is 9.93. The summed E-state index contributed by atoms with van der Waals surface area (Å²) in [5, 5.41) is 0. The number of hydrogen-bond acceptors (Lipinski definition) is 4. The molecular weight excluding hydrogens is 204 g/mol. The third-order valence-electron chi connectivity index (χ3n) is 2.45. The number of nitrogens with two attached hydrogens (primary N) is 1. The number of rotatable bonds is 4. The summed E-state index contributed by atoms with van der Waals surface area (Å²) in [6.45, 7) is 0.